The molecule has 0 aromatic carbocycles. The Kier molecular flexibility index (Phi) is 3.71. The highest BCUT2D eigenvalue weighted by Gasteiger charge is 2.45. The molecule has 0 aromatic heterocycles. The van der Waals surface area contributed by atoms with Crippen LogP contribution in [0.25, 0.3) is 0 Å². The molecule has 3 heterocycles. The van der Waals surface area contributed by atoms with Crippen molar-refractivity contribution in [1.29, 1.82) is 0 Å². The van der Waals surface area contributed by atoms with Gasteiger partial charge in [0, 0.05) is 30.1 Å². The Bertz CT molecular complexity index is 370. The zero-order valence-corrected chi connectivity index (χ0v) is 11.7. The topological polar surface area (TPSA) is 69.6 Å². The van der Waals surface area contributed by atoms with Gasteiger partial charge in [0.1, 0.15) is 0 Å². The molecule has 3 rings (SSSR count). The second-order valence-corrected chi connectivity index (χ2v) is 6.87. The van der Waals surface area contributed by atoms with E-state index in [-0.39, 0.29) is 36.4 Å². The van der Waals surface area contributed by atoms with Crippen LogP contribution in [0.1, 0.15) is 32.1 Å². The number of hydrogen-bond acceptors (Lipinski definition) is 4. The number of rotatable bonds is 3. The molecule has 19 heavy (non-hydrogen) atoms. The number of thioether (sulfide) groups is 1. The van der Waals surface area contributed by atoms with Crippen molar-refractivity contribution in [3.63, 3.8) is 0 Å². The third-order valence-corrected chi connectivity index (χ3v) is 5.50. The van der Waals surface area contributed by atoms with Crippen molar-refractivity contribution >= 4 is 23.6 Å². The lowest BCUT2D eigenvalue weighted by atomic mass is 9.88. The van der Waals surface area contributed by atoms with E-state index in [1.54, 1.807) is 11.8 Å². The van der Waals surface area contributed by atoms with E-state index in [1.165, 1.54) is 0 Å². The smallest absolute Gasteiger partial charge is 0.303 e. The molecule has 3 fully saturated rings. The molecular formula is C13H20N2O3S. The molecule has 0 radical (unpaired) electrons. The third kappa shape index (κ3) is 2.60. The average molecular weight is 284 g/mol. The SMILES string of the molecule is O=C(O)CC1CC2CCC(C1)N2C(=O)C1CSCN1. The van der Waals surface area contributed by atoms with Crippen LogP contribution in [-0.2, 0) is 9.59 Å². The van der Waals surface area contributed by atoms with Crippen molar-refractivity contribution < 1.29 is 14.7 Å². The maximum Gasteiger partial charge on any atom is 0.303 e. The second-order valence-electron chi connectivity index (χ2n) is 5.84. The van der Waals surface area contributed by atoms with Gasteiger partial charge in [0.2, 0.25) is 5.91 Å². The zero-order chi connectivity index (χ0) is 13.4. The highest BCUT2D eigenvalue weighted by Crippen LogP contribution is 2.40. The van der Waals surface area contributed by atoms with Gasteiger partial charge in [-0.05, 0) is 31.6 Å². The van der Waals surface area contributed by atoms with E-state index >= 15 is 0 Å². The summed E-state index contributed by atoms with van der Waals surface area (Å²) in [6, 6.07) is 0.537. The summed E-state index contributed by atoms with van der Waals surface area (Å²) in [5.74, 6) is 1.52. The Morgan fingerprint density at radius 2 is 1.95 bits per heavy atom. The van der Waals surface area contributed by atoms with E-state index < -0.39 is 5.97 Å². The van der Waals surface area contributed by atoms with Gasteiger partial charge >= 0.3 is 5.97 Å². The van der Waals surface area contributed by atoms with Crippen molar-refractivity contribution in [1.82, 2.24) is 10.2 Å². The Morgan fingerprint density at radius 3 is 2.47 bits per heavy atom. The number of nitrogens with zero attached hydrogens (tertiary/aromatic N) is 1. The Balaban J connectivity index is 1.65. The number of carbonyl (C=O) groups is 2. The van der Waals surface area contributed by atoms with Crippen LogP contribution in [0, 0.1) is 5.92 Å². The number of amides is 1. The fourth-order valence-electron chi connectivity index (χ4n) is 3.80. The van der Waals surface area contributed by atoms with Crippen LogP contribution in [0.4, 0.5) is 0 Å². The molecule has 0 spiro atoms. The molecule has 6 heteroatoms. The van der Waals surface area contributed by atoms with Gasteiger partial charge in [0.05, 0.1) is 6.04 Å². The predicted molar refractivity (Wildman–Crippen MR) is 72.9 cm³/mol. The number of aliphatic carboxylic acids is 1. The normalized spacial score (nSPS) is 37.6. The molecule has 0 aliphatic carbocycles. The molecule has 3 atom stereocenters. The maximum atomic E-state index is 12.5. The molecule has 2 bridgehead atoms. The number of piperidine rings is 1. The predicted octanol–water partition coefficient (Wildman–Crippen LogP) is 0.893. The van der Waals surface area contributed by atoms with Crippen molar-refractivity contribution in [2.75, 3.05) is 11.6 Å². The van der Waals surface area contributed by atoms with E-state index in [9.17, 15) is 9.59 Å². The summed E-state index contributed by atoms with van der Waals surface area (Å²) >= 11 is 1.77. The minimum absolute atomic E-state index is 0.0240. The number of carboxylic acid groups (broad SMARTS) is 1. The van der Waals surface area contributed by atoms with Crippen LogP contribution >= 0.6 is 11.8 Å². The molecule has 2 N–H and O–H groups in total. The lowest BCUT2D eigenvalue weighted by Crippen LogP contribution is -2.53. The van der Waals surface area contributed by atoms with E-state index in [1.807, 2.05) is 0 Å². The zero-order valence-electron chi connectivity index (χ0n) is 10.9. The molecular weight excluding hydrogens is 264 g/mol. The monoisotopic (exact) mass is 284 g/mol. The maximum absolute atomic E-state index is 12.5. The van der Waals surface area contributed by atoms with E-state index in [0.29, 0.717) is 0 Å². The molecule has 3 unspecified atom stereocenters. The van der Waals surface area contributed by atoms with Crippen LogP contribution in [0.2, 0.25) is 0 Å². The van der Waals surface area contributed by atoms with Gasteiger partial charge in [-0.3, -0.25) is 14.9 Å². The van der Waals surface area contributed by atoms with E-state index in [4.69, 9.17) is 5.11 Å². The number of carboxylic acids is 1. The lowest BCUT2D eigenvalue weighted by Gasteiger charge is -2.39. The fraction of sp³-hybridized carbons (Fsp3) is 0.846. The fourth-order valence-corrected chi connectivity index (χ4v) is 4.73. The van der Waals surface area contributed by atoms with Gasteiger partial charge in [0.15, 0.2) is 0 Å². The van der Waals surface area contributed by atoms with E-state index in [0.717, 1.165) is 37.3 Å². The second kappa shape index (κ2) is 5.32. The summed E-state index contributed by atoms with van der Waals surface area (Å²) in [5.41, 5.74) is 0. The summed E-state index contributed by atoms with van der Waals surface area (Å²) in [4.78, 5) is 25.4. The summed E-state index contributed by atoms with van der Waals surface area (Å²) in [5, 5.41) is 12.2. The minimum Gasteiger partial charge on any atom is -0.481 e. The summed E-state index contributed by atoms with van der Waals surface area (Å²) in [7, 11) is 0. The van der Waals surface area contributed by atoms with Crippen LogP contribution in [0.15, 0.2) is 0 Å². The van der Waals surface area contributed by atoms with Crippen molar-refractivity contribution in [3.8, 4) is 0 Å². The van der Waals surface area contributed by atoms with Crippen LogP contribution in [0.3, 0.4) is 0 Å². The molecule has 0 saturated carbocycles. The Hall–Kier alpha value is -0.750. The standard InChI is InChI=1S/C13H20N2O3S/c16-12(17)5-8-3-9-1-2-10(4-8)15(9)13(18)11-6-19-7-14-11/h8-11,14H,1-7H2,(H,16,17). The first kappa shape index (κ1) is 13.2. The van der Waals surface area contributed by atoms with Gasteiger partial charge in [-0.25, -0.2) is 0 Å². The first-order valence-electron chi connectivity index (χ1n) is 7.00. The van der Waals surface area contributed by atoms with Crippen LogP contribution in [0.5, 0.6) is 0 Å². The highest BCUT2D eigenvalue weighted by atomic mass is 32.2. The largest absolute Gasteiger partial charge is 0.481 e. The first-order chi connectivity index (χ1) is 9.15. The van der Waals surface area contributed by atoms with E-state index in [2.05, 4.69) is 10.2 Å². The number of fused-ring (bicyclic) bond motifs is 2. The number of carbonyl (C=O) groups excluding carboxylic acids is 1. The minimum atomic E-state index is -0.710. The molecule has 3 saturated heterocycles. The van der Waals surface area contributed by atoms with Gasteiger partial charge in [-0.1, -0.05) is 0 Å². The number of hydrogen-bond donors (Lipinski definition) is 2. The van der Waals surface area contributed by atoms with Crippen LogP contribution < -0.4 is 5.32 Å². The highest BCUT2D eigenvalue weighted by molar-refractivity contribution is 7.99. The van der Waals surface area contributed by atoms with Gasteiger partial charge < -0.3 is 10.0 Å². The summed E-state index contributed by atoms with van der Waals surface area (Å²) in [6.07, 6.45) is 4.09. The van der Waals surface area contributed by atoms with Crippen molar-refractivity contribution in [2.45, 2.75) is 50.2 Å². The Morgan fingerprint density at radius 1 is 1.26 bits per heavy atom. The van der Waals surface area contributed by atoms with Gasteiger partial charge in [0.25, 0.3) is 0 Å². The van der Waals surface area contributed by atoms with Crippen molar-refractivity contribution in [2.24, 2.45) is 5.92 Å². The van der Waals surface area contributed by atoms with Gasteiger partial charge in [-0.15, -0.1) is 11.8 Å². The number of nitrogens with one attached hydrogen (secondary N) is 1. The first-order valence-corrected chi connectivity index (χ1v) is 8.15. The van der Waals surface area contributed by atoms with Crippen molar-refractivity contribution in [3.05, 3.63) is 0 Å². The molecule has 5 nitrogen and oxygen atoms in total. The van der Waals surface area contributed by atoms with Crippen LogP contribution in [-0.4, -0.2) is 51.6 Å². The van der Waals surface area contributed by atoms with Gasteiger partial charge in [-0.2, -0.15) is 0 Å². The quantitative estimate of drug-likeness (QED) is 0.805. The summed E-state index contributed by atoms with van der Waals surface area (Å²) in [6.45, 7) is 0. The third-order valence-electron chi connectivity index (χ3n) is 4.56. The lowest BCUT2D eigenvalue weighted by molar-refractivity contribution is -0.140. The molecule has 0 aromatic rings. The average Bonchev–Trinajstić information content (AvgIpc) is 2.95. The molecule has 106 valence electrons. The molecule has 1 amide bonds. The molecule has 3 aliphatic heterocycles. The summed E-state index contributed by atoms with van der Waals surface area (Å²) < 4.78 is 0. The Labute approximate surface area is 117 Å². The molecule has 3 aliphatic rings.